The summed E-state index contributed by atoms with van der Waals surface area (Å²) in [7, 11) is 1.98. The predicted molar refractivity (Wildman–Crippen MR) is 73.5 cm³/mol. The van der Waals surface area contributed by atoms with Gasteiger partial charge in [0.2, 0.25) is 0 Å². The molecule has 100 valence electrons. The number of nitrogens with zero attached hydrogens (tertiary/aromatic N) is 4. The van der Waals surface area contributed by atoms with Gasteiger partial charge in [-0.1, -0.05) is 0 Å². The van der Waals surface area contributed by atoms with Crippen LogP contribution in [0.2, 0.25) is 0 Å². The molecule has 1 fully saturated rings. The number of hydrogen-bond donors (Lipinski definition) is 1. The normalized spacial score (nSPS) is 19.5. The van der Waals surface area contributed by atoms with E-state index >= 15 is 0 Å². The molecule has 0 unspecified atom stereocenters. The Morgan fingerprint density at radius 3 is 3.05 bits per heavy atom. The Morgan fingerprint density at radius 2 is 2.32 bits per heavy atom. The molecule has 1 N–H and O–H groups in total. The zero-order chi connectivity index (χ0) is 13.1. The summed E-state index contributed by atoms with van der Waals surface area (Å²) in [6.45, 7) is 2.25. The lowest BCUT2D eigenvalue weighted by atomic mass is 9.94. The third kappa shape index (κ3) is 2.81. The van der Waals surface area contributed by atoms with Crippen molar-refractivity contribution < 1.29 is 0 Å². The van der Waals surface area contributed by atoms with Crippen molar-refractivity contribution in [3.8, 4) is 11.5 Å². The molecule has 1 aliphatic heterocycles. The third-order valence-electron chi connectivity index (χ3n) is 3.67. The summed E-state index contributed by atoms with van der Waals surface area (Å²) in [5.74, 6) is 1.59. The van der Waals surface area contributed by atoms with Crippen molar-refractivity contribution in [3.05, 3.63) is 30.5 Å². The lowest BCUT2D eigenvalue weighted by molar-refractivity contribution is 0.373. The van der Waals surface area contributed by atoms with Gasteiger partial charge in [0, 0.05) is 25.1 Å². The van der Waals surface area contributed by atoms with Crippen LogP contribution in [0.3, 0.4) is 0 Å². The van der Waals surface area contributed by atoms with Gasteiger partial charge < -0.3 is 9.88 Å². The Bertz CT molecular complexity index is 542. The molecule has 2 aromatic heterocycles. The van der Waals surface area contributed by atoms with E-state index in [1.54, 1.807) is 12.5 Å². The van der Waals surface area contributed by atoms with Gasteiger partial charge in [0.1, 0.15) is 12.0 Å². The average molecular weight is 257 g/mol. The summed E-state index contributed by atoms with van der Waals surface area (Å²) in [6, 6.07) is 2.07. The first-order valence-corrected chi connectivity index (χ1v) is 6.82. The lowest BCUT2D eigenvalue weighted by Crippen LogP contribution is -2.31. The fourth-order valence-corrected chi connectivity index (χ4v) is 2.64. The Labute approximate surface area is 113 Å². The van der Waals surface area contributed by atoms with E-state index < -0.39 is 0 Å². The molecule has 5 heteroatoms. The van der Waals surface area contributed by atoms with Gasteiger partial charge in [0.05, 0.1) is 0 Å². The minimum atomic E-state index is 0.692. The van der Waals surface area contributed by atoms with Gasteiger partial charge in [-0.25, -0.2) is 15.0 Å². The molecule has 0 aliphatic carbocycles. The highest BCUT2D eigenvalue weighted by molar-refractivity contribution is 5.49. The van der Waals surface area contributed by atoms with Crippen molar-refractivity contribution in [2.75, 3.05) is 13.1 Å². The van der Waals surface area contributed by atoms with Crippen LogP contribution >= 0.6 is 0 Å². The van der Waals surface area contributed by atoms with E-state index in [-0.39, 0.29) is 0 Å². The van der Waals surface area contributed by atoms with Crippen molar-refractivity contribution in [2.45, 2.75) is 19.3 Å². The quantitative estimate of drug-likeness (QED) is 0.903. The zero-order valence-electron chi connectivity index (χ0n) is 11.2. The number of piperidine rings is 1. The Hall–Kier alpha value is -1.75. The first-order valence-electron chi connectivity index (χ1n) is 6.82. The van der Waals surface area contributed by atoms with Gasteiger partial charge in [-0.3, -0.25) is 0 Å². The molecule has 1 atom stereocenters. The molecule has 0 bridgehead atoms. The van der Waals surface area contributed by atoms with Gasteiger partial charge >= 0.3 is 0 Å². The molecular formula is C14H19N5. The van der Waals surface area contributed by atoms with E-state index in [9.17, 15) is 0 Å². The van der Waals surface area contributed by atoms with E-state index in [4.69, 9.17) is 0 Å². The molecule has 0 radical (unpaired) electrons. The summed E-state index contributed by atoms with van der Waals surface area (Å²) >= 11 is 0. The first kappa shape index (κ1) is 12.3. The third-order valence-corrected chi connectivity index (χ3v) is 3.67. The van der Waals surface area contributed by atoms with E-state index in [1.807, 2.05) is 17.8 Å². The van der Waals surface area contributed by atoms with Crippen molar-refractivity contribution in [1.29, 1.82) is 0 Å². The van der Waals surface area contributed by atoms with Crippen molar-refractivity contribution in [1.82, 2.24) is 24.8 Å². The second kappa shape index (κ2) is 5.48. The lowest BCUT2D eigenvalue weighted by Gasteiger charge is -2.22. The monoisotopic (exact) mass is 257 g/mol. The number of nitrogens with one attached hydrogen (secondary N) is 1. The first-order chi connectivity index (χ1) is 9.33. The van der Waals surface area contributed by atoms with Gasteiger partial charge in [-0.05, 0) is 44.3 Å². The highest BCUT2D eigenvalue weighted by Crippen LogP contribution is 2.18. The highest BCUT2D eigenvalue weighted by atomic mass is 15.1. The fraction of sp³-hybridized carbons (Fsp3) is 0.500. The minimum Gasteiger partial charge on any atom is -0.333 e. The largest absolute Gasteiger partial charge is 0.333 e. The van der Waals surface area contributed by atoms with Crippen LogP contribution in [-0.4, -0.2) is 32.6 Å². The zero-order valence-corrected chi connectivity index (χ0v) is 11.2. The van der Waals surface area contributed by atoms with Gasteiger partial charge in [0.25, 0.3) is 0 Å². The maximum Gasteiger partial charge on any atom is 0.158 e. The maximum absolute atomic E-state index is 4.40. The van der Waals surface area contributed by atoms with Gasteiger partial charge in [-0.15, -0.1) is 0 Å². The van der Waals surface area contributed by atoms with Crippen molar-refractivity contribution >= 4 is 0 Å². The minimum absolute atomic E-state index is 0.692. The van der Waals surface area contributed by atoms with Gasteiger partial charge in [0.15, 0.2) is 5.82 Å². The number of aromatic nitrogens is 4. The van der Waals surface area contributed by atoms with Crippen LogP contribution in [0.5, 0.6) is 0 Å². The van der Waals surface area contributed by atoms with Gasteiger partial charge in [-0.2, -0.15) is 0 Å². The smallest absolute Gasteiger partial charge is 0.158 e. The standard InChI is InChI=1S/C14H19N5/c1-19-6-5-16-14(19)13-8-12(17-10-18-13)7-11-3-2-4-15-9-11/h5-6,8,10-11,15H,2-4,7,9H2,1H3/t11-/m1/s1. The predicted octanol–water partition coefficient (Wildman–Crippen LogP) is 1.42. The molecule has 1 aliphatic rings. The number of hydrogen-bond acceptors (Lipinski definition) is 4. The van der Waals surface area contributed by atoms with E-state index in [2.05, 4.69) is 26.3 Å². The van der Waals surface area contributed by atoms with Crippen LogP contribution in [0.15, 0.2) is 24.8 Å². The number of rotatable bonds is 3. The molecule has 1 saturated heterocycles. The van der Waals surface area contributed by atoms with Crippen LogP contribution in [-0.2, 0) is 13.5 Å². The molecule has 3 heterocycles. The van der Waals surface area contributed by atoms with Crippen LogP contribution in [0.1, 0.15) is 18.5 Å². The van der Waals surface area contributed by atoms with E-state index in [0.29, 0.717) is 5.92 Å². The molecule has 2 aromatic rings. The molecule has 0 spiro atoms. The summed E-state index contributed by atoms with van der Waals surface area (Å²) in [5, 5.41) is 3.45. The summed E-state index contributed by atoms with van der Waals surface area (Å²) in [4.78, 5) is 13.1. The molecular weight excluding hydrogens is 238 g/mol. The molecule has 0 saturated carbocycles. The fourth-order valence-electron chi connectivity index (χ4n) is 2.64. The topological polar surface area (TPSA) is 55.6 Å². The Balaban J connectivity index is 1.78. The second-order valence-corrected chi connectivity index (χ2v) is 5.17. The van der Waals surface area contributed by atoms with Crippen LogP contribution in [0, 0.1) is 5.92 Å². The van der Waals surface area contributed by atoms with Crippen molar-refractivity contribution in [3.63, 3.8) is 0 Å². The second-order valence-electron chi connectivity index (χ2n) is 5.17. The summed E-state index contributed by atoms with van der Waals surface area (Å²) in [6.07, 6.45) is 8.95. The number of imidazole rings is 1. The molecule has 0 aromatic carbocycles. The SMILES string of the molecule is Cn1ccnc1-c1cc(C[C@H]2CCCNC2)ncn1. The molecule has 5 nitrogen and oxygen atoms in total. The van der Waals surface area contributed by atoms with Crippen molar-refractivity contribution in [2.24, 2.45) is 13.0 Å². The van der Waals surface area contributed by atoms with Crippen LogP contribution < -0.4 is 5.32 Å². The summed E-state index contributed by atoms with van der Waals surface area (Å²) < 4.78 is 1.98. The maximum atomic E-state index is 4.40. The Morgan fingerprint density at radius 1 is 1.37 bits per heavy atom. The van der Waals surface area contributed by atoms with E-state index in [1.165, 1.54) is 12.8 Å². The van der Waals surface area contributed by atoms with E-state index in [0.717, 1.165) is 36.7 Å². The molecule has 3 rings (SSSR count). The average Bonchev–Trinajstić information content (AvgIpc) is 2.86. The molecule has 0 amide bonds. The summed E-state index contributed by atoms with van der Waals surface area (Å²) in [5.41, 5.74) is 2.02. The number of aryl methyl sites for hydroxylation is 1. The molecule has 19 heavy (non-hydrogen) atoms. The highest BCUT2D eigenvalue weighted by Gasteiger charge is 2.15. The Kier molecular flexibility index (Phi) is 3.55. The van der Waals surface area contributed by atoms with Crippen LogP contribution in [0.25, 0.3) is 11.5 Å². The van der Waals surface area contributed by atoms with Crippen LogP contribution in [0.4, 0.5) is 0 Å².